The summed E-state index contributed by atoms with van der Waals surface area (Å²) in [5.41, 5.74) is 9.93. The fraction of sp³-hybridized carbons (Fsp3) is 0.630. The predicted octanol–water partition coefficient (Wildman–Crippen LogP) is -7.61. The fourth-order valence-electron chi connectivity index (χ4n) is 6.31. The van der Waals surface area contributed by atoms with Gasteiger partial charge in [0, 0.05) is 7.11 Å². The first kappa shape index (κ1) is 46.8. The largest absolute Gasteiger partial charge is 0.790 e. The first-order valence-corrected chi connectivity index (χ1v) is 21.9. The standard InChI is InChI=1S/C27H41N10O21P3/c1-35-10-37(21-15(35)23(42)34-27(29)32-21)25-19(51-4-3-50-2)17(39)13(57-25)8-55-61(48,49)53-6-11(58-59(43,44)45)5-52-60(46,47)54-7-12-16(38)18(40)24(56-12)36-9-30-14-20(36)31-26(28)33-22(14)41/h9-13,16-19,24-25,38-40H,3-8H2,1-2H3,(H9-,28,29,31,32,33,34,41,42,43,44,45,46,47,48,49)/p-2/t11?,12-,13-,16-,17-,18-,19-,24-,25-/m1/s1. The molecule has 0 spiro atoms. The van der Waals surface area contributed by atoms with Crippen LogP contribution in [0.2, 0.25) is 0 Å². The van der Waals surface area contributed by atoms with Crippen molar-refractivity contribution in [1.29, 1.82) is 0 Å². The highest BCUT2D eigenvalue weighted by Gasteiger charge is 2.50. The van der Waals surface area contributed by atoms with Crippen LogP contribution < -0.4 is 51.3 Å². The number of hydrogen-bond acceptors (Lipinski definition) is 25. The van der Waals surface area contributed by atoms with Crippen molar-refractivity contribution in [1.82, 2.24) is 29.5 Å². The Morgan fingerprint density at radius 2 is 1.41 bits per heavy atom. The van der Waals surface area contributed by atoms with E-state index in [1.165, 1.54) is 35.9 Å². The van der Waals surface area contributed by atoms with Crippen molar-refractivity contribution in [3.8, 4) is 0 Å². The number of methoxy groups -OCH3 is 1. The van der Waals surface area contributed by atoms with E-state index < -0.39 is 116 Å². The van der Waals surface area contributed by atoms with Crippen molar-refractivity contribution in [2.24, 2.45) is 7.05 Å². The Bertz CT molecular complexity index is 2460. The first-order valence-electron chi connectivity index (χ1n) is 17.5. The summed E-state index contributed by atoms with van der Waals surface area (Å²) < 4.78 is 85.7. The Labute approximate surface area is 340 Å². The number of aliphatic hydroxyl groups is 3. The minimum atomic E-state index is -5.97. The van der Waals surface area contributed by atoms with Gasteiger partial charge in [0.25, 0.3) is 38.7 Å². The topological polar surface area (TPSA) is 459 Å². The third-order valence-electron chi connectivity index (χ3n) is 9.01. The van der Waals surface area contributed by atoms with E-state index in [4.69, 9.17) is 39.5 Å². The van der Waals surface area contributed by atoms with Gasteiger partial charge in [-0.3, -0.25) is 38.2 Å². The third kappa shape index (κ3) is 10.9. The van der Waals surface area contributed by atoms with E-state index in [1.54, 1.807) is 0 Å². The van der Waals surface area contributed by atoms with E-state index in [2.05, 4.69) is 38.5 Å². The number of aryl methyl sites for hydroxylation is 1. The monoisotopic (exact) mass is 932 g/mol. The second-order valence-corrected chi connectivity index (χ2v) is 17.2. The number of aromatic amines is 3. The number of nitrogens with two attached hydrogens (primary N) is 2. The smallest absolute Gasteiger partial charge is 0.313 e. The van der Waals surface area contributed by atoms with Crippen molar-refractivity contribution in [3.05, 3.63) is 33.4 Å². The number of anilines is 2. The Balaban J connectivity index is 1.05. The lowest BCUT2D eigenvalue weighted by Crippen LogP contribution is -2.47. The van der Waals surface area contributed by atoms with E-state index >= 15 is 0 Å². The predicted molar refractivity (Wildman–Crippen MR) is 186 cm³/mol. The minimum absolute atomic E-state index is 0.0114. The van der Waals surface area contributed by atoms with Crippen molar-refractivity contribution in [2.45, 2.75) is 55.2 Å². The maximum absolute atomic E-state index is 12.8. The Hall–Kier alpha value is -3.65. The van der Waals surface area contributed by atoms with E-state index in [0.29, 0.717) is 0 Å². The van der Waals surface area contributed by atoms with Crippen LogP contribution in [0.1, 0.15) is 12.5 Å². The minimum Gasteiger partial charge on any atom is -0.790 e. The molecule has 0 amide bonds. The number of fused-ring (bicyclic) bond motifs is 2. The number of nitrogens with one attached hydrogen (secondary N) is 3. The molecule has 2 saturated heterocycles. The molecule has 0 bridgehead atoms. The highest BCUT2D eigenvalue weighted by atomic mass is 31.2. The number of ether oxygens (including phenoxy) is 4. The Morgan fingerprint density at radius 3 is 2.02 bits per heavy atom. The van der Waals surface area contributed by atoms with Crippen LogP contribution in [0.15, 0.2) is 22.2 Å². The van der Waals surface area contributed by atoms with Gasteiger partial charge in [-0.1, -0.05) is 9.97 Å². The number of aromatic nitrogens is 8. The number of phosphoric ester groups is 3. The molecule has 2 fully saturated rings. The molecule has 11 atom stereocenters. The molecule has 6 rings (SSSR count). The number of aliphatic hydroxyl groups excluding tert-OH is 3. The van der Waals surface area contributed by atoms with Crippen LogP contribution in [-0.4, -0.2) is 134 Å². The number of rotatable bonds is 20. The van der Waals surface area contributed by atoms with E-state index in [9.17, 15) is 58.2 Å². The number of phosphoric acid groups is 3. The molecule has 0 aromatic carbocycles. The number of nitrogens with zero attached hydrogens (tertiary/aromatic N) is 5. The van der Waals surface area contributed by atoms with E-state index in [0.717, 1.165) is 4.57 Å². The molecule has 61 heavy (non-hydrogen) atoms. The van der Waals surface area contributed by atoms with Gasteiger partial charge in [-0.15, -0.1) is 0 Å². The third-order valence-corrected chi connectivity index (χ3v) is 11.4. The van der Waals surface area contributed by atoms with Crippen LogP contribution in [0.5, 0.6) is 0 Å². The summed E-state index contributed by atoms with van der Waals surface area (Å²) >= 11 is 0. The van der Waals surface area contributed by atoms with Crippen molar-refractivity contribution < 1.29 is 99.3 Å². The van der Waals surface area contributed by atoms with Crippen molar-refractivity contribution in [2.75, 3.05) is 58.2 Å². The maximum atomic E-state index is 12.8. The quantitative estimate of drug-likeness (QED) is 0.0232. The summed E-state index contributed by atoms with van der Waals surface area (Å²) in [6.07, 6.45) is -11.8. The lowest BCUT2D eigenvalue weighted by Gasteiger charge is -2.35. The second-order valence-electron chi connectivity index (χ2n) is 13.3. The zero-order valence-electron chi connectivity index (χ0n) is 31.5. The zero-order valence-corrected chi connectivity index (χ0v) is 34.2. The second kappa shape index (κ2) is 18.6. The maximum Gasteiger partial charge on any atom is 0.313 e. The van der Waals surface area contributed by atoms with Crippen LogP contribution in [0.4, 0.5) is 11.9 Å². The molecule has 0 saturated carbocycles. The van der Waals surface area contributed by atoms with E-state index in [1.807, 2.05) is 0 Å². The van der Waals surface area contributed by atoms with E-state index in [-0.39, 0.29) is 47.4 Å². The molecule has 31 nitrogen and oxygen atoms in total. The summed E-state index contributed by atoms with van der Waals surface area (Å²) in [6, 6.07) is 0. The van der Waals surface area contributed by atoms with Crippen LogP contribution in [0.25, 0.3) is 22.3 Å². The number of hydrogen-bond donors (Lipinski definition) is 8. The average Bonchev–Trinajstić information content (AvgIpc) is 3.90. The van der Waals surface area contributed by atoms with Crippen molar-refractivity contribution >= 4 is 57.7 Å². The molecule has 2 aliphatic heterocycles. The van der Waals surface area contributed by atoms with Gasteiger partial charge in [-0.25, -0.2) is 9.13 Å². The average molecular weight is 933 g/mol. The molecule has 6 heterocycles. The van der Waals surface area contributed by atoms with Gasteiger partial charge in [-0.05, 0) is 0 Å². The normalized spacial score (nSPS) is 27.2. The van der Waals surface area contributed by atoms with Gasteiger partial charge in [0.2, 0.25) is 23.5 Å². The van der Waals surface area contributed by atoms with Crippen LogP contribution >= 0.6 is 23.5 Å². The summed E-state index contributed by atoms with van der Waals surface area (Å²) in [6.45, 7) is -4.75. The van der Waals surface area contributed by atoms with Crippen molar-refractivity contribution in [3.63, 3.8) is 0 Å². The highest BCUT2D eigenvalue weighted by molar-refractivity contribution is 7.46. The van der Waals surface area contributed by atoms with Gasteiger partial charge in [0.15, 0.2) is 12.7 Å². The number of imidazole rings is 2. The molecular weight excluding hydrogens is 893 g/mol. The summed E-state index contributed by atoms with van der Waals surface area (Å²) in [5.74, 6) is -0.540. The van der Waals surface area contributed by atoms with Gasteiger partial charge in [0.1, 0.15) is 42.7 Å². The summed E-state index contributed by atoms with van der Waals surface area (Å²) in [5, 5.41) is 32.2. The van der Waals surface area contributed by atoms with Crippen LogP contribution in [0, 0.1) is 0 Å². The van der Waals surface area contributed by atoms with Gasteiger partial charge in [0.05, 0.1) is 54.5 Å². The number of H-pyrrole nitrogens is 3. The molecule has 34 heteroatoms. The molecular formula is C27H39N10O21P3-2. The van der Waals surface area contributed by atoms with Crippen LogP contribution in [0.3, 0.4) is 0 Å². The lowest BCUT2D eigenvalue weighted by molar-refractivity contribution is -0.746. The molecule has 10 N–H and O–H groups in total. The van der Waals surface area contributed by atoms with Gasteiger partial charge in [-0.2, -0.15) is 0 Å². The van der Waals surface area contributed by atoms with Crippen LogP contribution in [-0.2, 0) is 62.3 Å². The number of nitrogen functional groups attached to an aromatic ring is 2. The molecule has 4 aromatic rings. The molecule has 4 aromatic heterocycles. The zero-order chi connectivity index (χ0) is 44.6. The Morgan fingerprint density at radius 1 is 0.836 bits per heavy atom. The first-order chi connectivity index (χ1) is 28.6. The Kier molecular flexibility index (Phi) is 14.3. The fourth-order valence-corrected chi connectivity index (χ4v) is 8.30. The lowest BCUT2D eigenvalue weighted by atomic mass is 10.1. The SMILES string of the molecule is COCCO[C@@H]1[C@H](O)[C@@H](COP(=O)([O-])OCC(COP(=O)([O-])OC[C@H]2O[C@@H]([n+]3c[nH]c4c(=O)[nH]c(N)nc43)[C@H](O)[C@@H]2O)OP(=O)([O-])[O-])O[C@H]1[n+]1cn(C)c2c(=O)[nH]c(N)nc21. The molecule has 0 aliphatic carbocycles. The molecule has 3 unspecified atom stereocenters. The summed E-state index contributed by atoms with van der Waals surface area (Å²) in [4.78, 5) is 88.2. The molecule has 0 radical (unpaired) electrons. The van der Waals surface area contributed by atoms with Gasteiger partial charge >= 0.3 is 11.3 Å². The molecule has 2 aliphatic rings. The van der Waals surface area contributed by atoms with Gasteiger partial charge < -0.3 is 92.5 Å². The summed E-state index contributed by atoms with van der Waals surface area (Å²) in [7, 11) is -14.1. The highest BCUT2D eigenvalue weighted by Crippen LogP contribution is 2.43. The molecule has 340 valence electrons.